The van der Waals surface area contributed by atoms with Gasteiger partial charge in [-0.05, 0) is 42.4 Å². The molecule has 0 atom stereocenters. The molecule has 0 aromatic heterocycles. The van der Waals surface area contributed by atoms with Crippen molar-refractivity contribution in [2.75, 3.05) is 7.11 Å². The molecule has 104 valence electrons. The van der Waals surface area contributed by atoms with Crippen molar-refractivity contribution in [3.63, 3.8) is 0 Å². The van der Waals surface area contributed by atoms with E-state index in [-0.39, 0.29) is 11.4 Å². The fourth-order valence-electron chi connectivity index (χ4n) is 2.03. The quantitative estimate of drug-likeness (QED) is 0.613. The molecule has 0 heterocycles. The standard InChI is InChI=1S/C16H22O3/c1-16(2,3)13-10-12(18-4)7-8-14(13)19-15(17)9-11-5-6-11/h7-8,10-11H,5-6,9H2,1-4H3. The average Bonchev–Trinajstić information content (AvgIpc) is 3.12. The van der Waals surface area contributed by atoms with Crippen molar-refractivity contribution < 1.29 is 14.3 Å². The fourth-order valence-corrected chi connectivity index (χ4v) is 2.03. The lowest BCUT2D eigenvalue weighted by Gasteiger charge is -2.23. The highest BCUT2D eigenvalue weighted by Crippen LogP contribution is 2.36. The van der Waals surface area contributed by atoms with Crippen LogP contribution in [-0.4, -0.2) is 13.1 Å². The molecule has 2 rings (SSSR count). The molecule has 3 nitrogen and oxygen atoms in total. The van der Waals surface area contributed by atoms with Crippen LogP contribution in [0.1, 0.15) is 45.6 Å². The van der Waals surface area contributed by atoms with Crippen molar-refractivity contribution in [2.45, 2.75) is 45.4 Å². The number of hydrogen-bond acceptors (Lipinski definition) is 3. The lowest BCUT2D eigenvalue weighted by molar-refractivity contribution is -0.134. The Labute approximate surface area is 114 Å². The van der Waals surface area contributed by atoms with Crippen molar-refractivity contribution in [2.24, 2.45) is 5.92 Å². The second kappa shape index (κ2) is 5.24. The van der Waals surface area contributed by atoms with Gasteiger partial charge in [0.15, 0.2) is 0 Å². The number of methoxy groups -OCH3 is 1. The third-order valence-electron chi connectivity index (χ3n) is 3.37. The minimum Gasteiger partial charge on any atom is -0.497 e. The summed E-state index contributed by atoms with van der Waals surface area (Å²) < 4.78 is 10.8. The molecule has 1 aliphatic carbocycles. The molecule has 0 spiro atoms. The maximum atomic E-state index is 11.8. The molecule has 1 aromatic carbocycles. The molecule has 0 saturated heterocycles. The van der Waals surface area contributed by atoms with Gasteiger partial charge in [0.25, 0.3) is 0 Å². The van der Waals surface area contributed by atoms with Crippen molar-refractivity contribution >= 4 is 5.97 Å². The van der Waals surface area contributed by atoms with Gasteiger partial charge in [-0.3, -0.25) is 4.79 Å². The zero-order valence-corrected chi connectivity index (χ0v) is 12.2. The molecule has 1 fully saturated rings. The molecule has 1 saturated carbocycles. The third-order valence-corrected chi connectivity index (χ3v) is 3.37. The van der Waals surface area contributed by atoms with Gasteiger partial charge in [-0.2, -0.15) is 0 Å². The van der Waals surface area contributed by atoms with Gasteiger partial charge >= 0.3 is 5.97 Å². The minimum atomic E-state index is -0.127. The summed E-state index contributed by atoms with van der Waals surface area (Å²) in [6.07, 6.45) is 2.85. The predicted octanol–water partition coefficient (Wildman–Crippen LogP) is 3.70. The third kappa shape index (κ3) is 3.72. The van der Waals surface area contributed by atoms with Gasteiger partial charge in [0.2, 0.25) is 0 Å². The summed E-state index contributed by atoms with van der Waals surface area (Å²) in [5.41, 5.74) is 0.903. The van der Waals surface area contributed by atoms with E-state index in [1.165, 1.54) is 0 Å². The summed E-state index contributed by atoms with van der Waals surface area (Å²) in [5.74, 6) is 1.85. The van der Waals surface area contributed by atoms with E-state index in [2.05, 4.69) is 20.8 Å². The highest BCUT2D eigenvalue weighted by molar-refractivity contribution is 5.73. The van der Waals surface area contributed by atoms with Gasteiger partial charge in [-0.1, -0.05) is 20.8 Å². The molecule has 0 N–H and O–H groups in total. The van der Waals surface area contributed by atoms with Crippen LogP contribution in [0.3, 0.4) is 0 Å². The Balaban J connectivity index is 2.20. The van der Waals surface area contributed by atoms with E-state index in [1.807, 2.05) is 18.2 Å². The molecule has 19 heavy (non-hydrogen) atoms. The van der Waals surface area contributed by atoms with Crippen LogP contribution in [0.2, 0.25) is 0 Å². The molecule has 0 unspecified atom stereocenters. The number of ether oxygens (including phenoxy) is 2. The van der Waals surface area contributed by atoms with E-state index in [0.717, 1.165) is 24.2 Å². The minimum absolute atomic E-state index is 0.0935. The van der Waals surface area contributed by atoms with Crippen LogP contribution in [0.4, 0.5) is 0 Å². The first-order chi connectivity index (χ1) is 8.90. The van der Waals surface area contributed by atoms with Crippen LogP contribution in [0.25, 0.3) is 0 Å². The summed E-state index contributed by atoms with van der Waals surface area (Å²) in [5, 5.41) is 0. The SMILES string of the molecule is COc1ccc(OC(=O)CC2CC2)c(C(C)(C)C)c1. The van der Waals surface area contributed by atoms with Crippen LogP contribution >= 0.6 is 0 Å². The summed E-state index contributed by atoms with van der Waals surface area (Å²) in [7, 11) is 1.64. The van der Waals surface area contributed by atoms with E-state index < -0.39 is 0 Å². The van der Waals surface area contributed by atoms with E-state index in [9.17, 15) is 4.79 Å². The molecule has 1 aromatic rings. The van der Waals surface area contributed by atoms with Crippen molar-refractivity contribution in [3.8, 4) is 11.5 Å². The number of carbonyl (C=O) groups is 1. The Morgan fingerprint density at radius 2 is 2.00 bits per heavy atom. The second-order valence-corrected chi connectivity index (χ2v) is 6.23. The van der Waals surface area contributed by atoms with Gasteiger partial charge in [0.05, 0.1) is 7.11 Å². The first-order valence-electron chi connectivity index (χ1n) is 6.79. The van der Waals surface area contributed by atoms with Crippen LogP contribution in [-0.2, 0) is 10.2 Å². The zero-order chi connectivity index (χ0) is 14.0. The maximum absolute atomic E-state index is 11.8. The summed E-state index contributed by atoms with van der Waals surface area (Å²) in [4.78, 5) is 11.8. The Bertz CT molecular complexity index is 467. The monoisotopic (exact) mass is 262 g/mol. The zero-order valence-electron chi connectivity index (χ0n) is 12.2. The average molecular weight is 262 g/mol. The first kappa shape index (κ1) is 13.9. The number of carbonyl (C=O) groups excluding carboxylic acids is 1. The van der Waals surface area contributed by atoms with Gasteiger partial charge in [0, 0.05) is 12.0 Å². The first-order valence-corrected chi connectivity index (χ1v) is 6.79. The molecule has 0 radical (unpaired) electrons. The molecule has 0 aliphatic heterocycles. The number of esters is 1. The van der Waals surface area contributed by atoms with E-state index in [0.29, 0.717) is 18.1 Å². The largest absolute Gasteiger partial charge is 0.497 e. The van der Waals surface area contributed by atoms with Gasteiger partial charge in [-0.25, -0.2) is 0 Å². The second-order valence-electron chi connectivity index (χ2n) is 6.23. The smallest absolute Gasteiger partial charge is 0.311 e. The van der Waals surface area contributed by atoms with E-state index in [1.54, 1.807) is 7.11 Å². The summed E-state index contributed by atoms with van der Waals surface area (Å²) in [6.45, 7) is 6.29. The van der Waals surface area contributed by atoms with E-state index >= 15 is 0 Å². The van der Waals surface area contributed by atoms with Crippen molar-refractivity contribution in [1.82, 2.24) is 0 Å². The van der Waals surface area contributed by atoms with Gasteiger partial charge in [-0.15, -0.1) is 0 Å². The fraction of sp³-hybridized carbons (Fsp3) is 0.562. The maximum Gasteiger partial charge on any atom is 0.311 e. The molecular formula is C16H22O3. The summed E-state index contributed by atoms with van der Waals surface area (Å²) >= 11 is 0. The highest BCUT2D eigenvalue weighted by atomic mass is 16.5. The molecule has 0 bridgehead atoms. The number of rotatable bonds is 4. The highest BCUT2D eigenvalue weighted by Gasteiger charge is 2.27. The van der Waals surface area contributed by atoms with Crippen LogP contribution in [0, 0.1) is 5.92 Å². The lowest BCUT2D eigenvalue weighted by atomic mass is 9.86. The van der Waals surface area contributed by atoms with Gasteiger partial charge in [0.1, 0.15) is 11.5 Å². The van der Waals surface area contributed by atoms with Crippen LogP contribution in [0.5, 0.6) is 11.5 Å². The predicted molar refractivity (Wildman–Crippen MR) is 74.7 cm³/mol. The summed E-state index contributed by atoms with van der Waals surface area (Å²) in [6, 6.07) is 5.60. The normalized spacial score (nSPS) is 15.2. The number of benzene rings is 1. The molecule has 3 heteroatoms. The Morgan fingerprint density at radius 1 is 1.32 bits per heavy atom. The van der Waals surface area contributed by atoms with Crippen molar-refractivity contribution in [1.29, 1.82) is 0 Å². The van der Waals surface area contributed by atoms with Crippen LogP contribution < -0.4 is 9.47 Å². The molecular weight excluding hydrogens is 240 g/mol. The van der Waals surface area contributed by atoms with Gasteiger partial charge < -0.3 is 9.47 Å². The van der Waals surface area contributed by atoms with Crippen LogP contribution in [0.15, 0.2) is 18.2 Å². The Morgan fingerprint density at radius 3 is 2.53 bits per heavy atom. The Kier molecular flexibility index (Phi) is 3.83. The topological polar surface area (TPSA) is 35.5 Å². The van der Waals surface area contributed by atoms with E-state index in [4.69, 9.17) is 9.47 Å². The Hall–Kier alpha value is -1.51. The van der Waals surface area contributed by atoms with Crippen molar-refractivity contribution in [3.05, 3.63) is 23.8 Å². The number of hydrogen-bond donors (Lipinski definition) is 0. The molecule has 1 aliphatic rings. The lowest BCUT2D eigenvalue weighted by Crippen LogP contribution is -2.16. The molecule has 0 amide bonds.